The van der Waals surface area contributed by atoms with Gasteiger partial charge >= 0.3 is 5.97 Å². The van der Waals surface area contributed by atoms with Crippen molar-refractivity contribution in [3.63, 3.8) is 0 Å². The number of anilines is 3. The van der Waals surface area contributed by atoms with Gasteiger partial charge in [0, 0.05) is 24.8 Å². The second-order valence-corrected chi connectivity index (χ2v) is 8.33. The molecule has 0 aliphatic heterocycles. The smallest absolute Gasteiger partial charge is 0.308 e. The number of hydrogen-bond donors (Lipinski definition) is 2. The average Bonchev–Trinajstić information content (AvgIpc) is 2.96. The van der Waals surface area contributed by atoms with Gasteiger partial charge < -0.3 is 19.9 Å². The molecule has 0 amide bonds. The van der Waals surface area contributed by atoms with Crippen molar-refractivity contribution in [2.75, 3.05) is 17.2 Å². The first-order valence-electron chi connectivity index (χ1n) is 10.0. The molecule has 0 aromatic carbocycles. The van der Waals surface area contributed by atoms with Crippen LogP contribution in [0.3, 0.4) is 0 Å². The highest BCUT2D eigenvalue weighted by atomic mass is 16.6. The van der Waals surface area contributed by atoms with Crippen LogP contribution in [-0.4, -0.2) is 42.6 Å². The lowest BCUT2D eigenvalue weighted by molar-refractivity contribution is -0.154. The molecule has 3 heterocycles. The lowest BCUT2D eigenvalue weighted by Crippen LogP contribution is -2.25. The molecule has 3 aromatic rings. The van der Waals surface area contributed by atoms with Crippen molar-refractivity contribution >= 4 is 34.6 Å². The van der Waals surface area contributed by atoms with E-state index in [-0.39, 0.29) is 12.4 Å². The molecular formula is C21H29N7O2. The molecule has 9 heteroatoms. The van der Waals surface area contributed by atoms with Crippen molar-refractivity contribution in [2.45, 2.75) is 59.6 Å². The van der Waals surface area contributed by atoms with Gasteiger partial charge in [0.2, 0.25) is 5.95 Å². The Bertz CT molecular complexity index is 1040. The summed E-state index contributed by atoms with van der Waals surface area (Å²) in [7, 11) is 0. The molecule has 0 radical (unpaired) electrons. The van der Waals surface area contributed by atoms with Crippen LogP contribution in [0.4, 0.5) is 17.6 Å². The van der Waals surface area contributed by atoms with Crippen LogP contribution in [0.25, 0.3) is 11.0 Å². The number of pyridine rings is 1. The predicted octanol–water partition coefficient (Wildman–Crippen LogP) is 4.00. The maximum atomic E-state index is 11.8. The van der Waals surface area contributed by atoms with E-state index in [4.69, 9.17) is 4.74 Å². The van der Waals surface area contributed by atoms with Crippen LogP contribution in [0, 0.1) is 6.92 Å². The van der Waals surface area contributed by atoms with Gasteiger partial charge in [-0.3, -0.25) is 4.79 Å². The largest absolute Gasteiger partial charge is 0.460 e. The van der Waals surface area contributed by atoms with Crippen LogP contribution in [-0.2, 0) is 9.53 Å². The standard InChI is InChI=1S/C21H29N7O2/c1-13(2)28-14(3)25-15-12-24-18(11-16(15)28)26-17-7-9-22-20(27-17)23-10-8-19(29)30-21(4,5)6/h7,9,11-13H,8,10H2,1-6H3,(H2,22,23,24,26,27). The fraction of sp³-hybridized carbons (Fsp3) is 0.476. The molecule has 0 spiro atoms. The van der Waals surface area contributed by atoms with Crippen molar-refractivity contribution < 1.29 is 9.53 Å². The summed E-state index contributed by atoms with van der Waals surface area (Å²) in [5.74, 6) is 2.38. The number of imidazole rings is 1. The molecule has 0 fully saturated rings. The molecule has 0 unspecified atom stereocenters. The topological polar surface area (TPSA) is 107 Å². The minimum Gasteiger partial charge on any atom is -0.460 e. The SMILES string of the molecule is Cc1nc2cnc(Nc3ccnc(NCCC(=O)OC(C)(C)C)n3)cc2n1C(C)C. The van der Waals surface area contributed by atoms with Gasteiger partial charge in [0.1, 0.15) is 28.6 Å². The Morgan fingerprint density at radius 1 is 1.20 bits per heavy atom. The minimum absolute atomic E-state index is 0.231. The van der Waals surface area contributed by atoms with Gasteiger partial charge in [0.25, 0.3) is 0 Å². The van der Waals surface area contributed by atoms with Crippen molar-refractivity contribution in [1.29, 1.82) is 0 Å². The zero-order valence-corrected chi connectivity index (χ0v) is 18.4. The Morgan fingerprint density at radius 2 is 1.97 bits per heavy atom. The molecule has 2 N–H and O–H groups in total. The van der Waals surface area contributed by atoms with Crippen LogP contribution in [0.5, 0.6) is 0 Å². The van der Waals surface area contributed by atoms with E-state index < -0.39 is 5.60 Å². The Hall–Kier alpha value is -3.23. The number of esters is 1. The van der Waals surface area contributed by atoms with Crippen LogP contribution in [0.15, 0.2) is 24.5 Å². The summed E-state index contributed by atoms with van der Waals surface area (Å²) < 4.78 is 7.47. The highest BCUT2D eigenvalue weighted by Gasteiger charge is 2.16. The number of aryl methyl sites for hydroxylation is 1. The fourth-order valence-electron chi connectivity index (χ4n) is 3.15. The average molecular weight is 412 g/mol. The third kappa shape index (κ3) is 5.43. The molecule has 0 bridgehead atoms. The molecule has 3 rings (SSSR count). The van der Waals surface area contributed by atoms with Gasteiger partial charge in [0.05, 0.1) is 18.1 Å². The zero-order chi connectivity index (χ0) is 21.9. The zero-order valence-electron chi connectivity index (χ0n) is 18.4. The normalized spacial score (nSPS) is 11.7. The first-order valence-corrected chi connectivity index (χ1v) is 10.0. The Morgan fingerprint density at radius 3 is 2.67 bits per heavy atom. The highest BCUT2D eigenvalue weighted by Crippen LogP contribution is 2.23. The van der Waals surface area contributed by atoms with Crippen LogP contribution in [0.1, 0.15) is 52.9 Å². The number of carbonyl (C=O) groups excluding carboxylic acids is 1. The van der Waals surface area contributed by atoms with E-state index in [1.54, 1.807) is 18.5 Å². The number of ether oxygens (including phenoxy) is 1. The van der Waals surface area contributed by atoms with Crippen LogP contribution < -0.4 is 10.6 Å². The van der Waals surface area contributed by atoms with E-state index in [2.05, 4.69) is 49.0 Å². The van der Waals surface area contributed by atoms with Gasteiger partial charge in [-0.25, -0.2) is 15.0 Å². The summed E-state index contributed by atoms with van der Waals surface area (Å²) in [6, 6.07) is 4.02. The van der Waals surface area contributed by atoms with Gasteiger partial charge in [0.15, 0.2) is 0 Å². The monoisotopic (exact) mass is 411 g/mol. The third-order valence-corrected chi connectivity index (χ3v) is 4.21. The second-order valence-electron chi connectivity index (χ2n) is 8.33. The van der Waals surface area contributed by atoms with E-state index in [1.807, 2.05) is 33.8 Å². The van der Waals surface area contributed by atoms with Crippen molar-refractivity contribution in [2.24, 2.45) is 0 Å². The maximum Gasteiger partial charge on any atom is 0.308 e. The number of rotatable bonds is 7. The van der Waals surface area contributed by atoms with Crippen molar-refractivity contribution in [1.82, 2.24) is 24.5 Å². The number of carbonyl (C=O) groups is 1. The molecule has 9 nitrogen and oxygen atoms in total. The molecule has 0 atom stereocenters. The van der Waals surface area contributed by atoms with E-state index in [0.717, 1.165) is 16.9 Å². The first kappa shape index (κ1) is 21.5. The molecule has 3 aromatic heterocycles. The maximum absolute atomic E-state index is 11.8. The number of hydrogen-bond acceptors (Lipinski definition) is 8. The Kier molecular flexibility index (Phi) is 6.19. The number of fused-ring (bicyclic) bond motifs is 1. The molecular weight excluding hydrogens is 382 g/mol. The molecule has 0 saturated carbocycles. The third-order valence-electron chi connectivity index (χ3n) is 4.21. The van der Waals surface area contributed by atoms with E-state index in [0.29, 0.717) is 30.2 Å². The Balaban J connectivity index is 1.66. The second kappa shape index (κ2) is 8.64. The van der Waals surface area contributed by atoms with Crippen LogP contribution >= 0.6 is 0 Å². The summed E-state index contributed by atoms with van der Waals surface area (Å²) >= 11 is 0. The number of aromatic nitrogens is 5. The van der Waals surface area contributed by atoms with E-state index in [9.17, 15) is 4.79 Å². The molecule has 0 aliphatic rings. The van der Waals surface area contributed by atoms with Crippen molar-refractivity contribution in [3.05, 3.63) is 30.4 Å². The number of nitrogens with one attached hydrogen (secondary N) is 2. The molecule has 160 valence electrons. The van der Waals surface area contributed by atoms with Gasteiger partial charge in [-0.05, 0) is 47.6 Å². The summed E-state index contributed by atoms with van der Waals surface area (Å²) in [4.78, 5) is 29.4. The quantitative estimate of drug-likeness (QED) is 0.562. The van der Waals surface area contributed by atoms with Gasteiger partial charge in [-0.15, -0.1) is 0 Å². The number of nitrogens with zero attached hydrogens (tertiary/aromatic N) is 5. The predicted molar refractivity (Wildman–Crippen MR) is 117 cm³/mol. The van der Waals surface area contributed by atoms with Crippen LogP contribution in [0.2, 0.25) is 0 Å². The molecule has 0 aliphatic carbocycles. The van der Waals surface area contributed by atoms with Gasteiger partial charge in [-0.2, -0.15) is 4.98 Å². The summed E-state index contributed by atoms with van der Waals surface area (Å²) in [6.45, 7) is 12.2. The van der Waals surface area contributed by atoms with Gasteiger partial charge in [-0.1, -0.05) is 0 Å². The van der Waals surface area contributed by atoms with Crippen molar-refractivity contribution in [3.8, 4) is 0 Å². The highest BCUT2D eigenvalue weighted by molar-refractivity contribution is 5.79. The van der Waals surface area contributed by atoms with E-state index >= 15 is 0 Å². The lowest BCUT2D eigenvalue weighted by Gasteiger charge is -2.19. The summed E-state index contributed by atoms with van der Waals surface area (Å²) in [5.41, 5.74) is 1.39. The molecule has 0 saturated heterocycles. The summed E-state index contributed by atoms with van der Waals surface area (Å²) in [6.07, 6.45) is 3.63. The molecule has 30 heavy (non-hydrogen) atoms. The first-order chi connectivity index (χ1) is 14.1. The fourth-order valence-corrected chi connectivity index (χ4v) is 3.15. The van der Waals surface area contributed by atoms with E-state index in [1.165, 1.54) is 0 Å². The minimum atomic E-state index is -0.491. The Labute approximate surface area is 176 Å². The summed E-state index contributed by atoms with van der Waals surface area (Å²) in [5, 5.41) is 6.25. The lowest BCUT2D eigenvalue weighted by atomic mass is 10.2.